The fourth-order valence-electron chi connectivity index (χ4n) is 6.18. The first-order valence-electron chi connectivity index (χ1n) is 14.9. The van der Waals surface area contributed by atoms with Gasteiger partial charge in [0.1, 0.15) is 17.0 Å². The monoisotopic (exact) mass is 564 g/mol. The van der Waals surface area contributed by atoms with Crippen LogP contribution in [0.3, 0.4) is 0 Å². The maximum Gasteiger partial charge on any atom is 0.253 e. The number of anilines is 3. The zero-order valence-electron chi connectivity index (χ0n) is 24.1. The number of hydrogen-bond donors (Lipinski definition) is 4. The number of rotatable bonds is 6. The lowest BCUT2D eigenvalue weighted by molar-refractivity contribution is 0.0735. The predicted octanol–water partition coefficient (Wildman–Crippen LogP) is 5.92. The molecule has 5 aromatic rings. The number of fused-ring (bicyclic) bond motifs is 2. The van der Waals surface area contributed by atoms with E-state index in [0.717, 1.165) is 89.3 Å². The van der Waals surface area contributed by atoms with Gasteiger partial charge in [0.05, 0.1) is 5.39 Å². The molecule has 0 spiro atoms. The molecule has 3 aromatic heterocycles. The second-order valence-electron chi connectivity index (χ2n) is 11.4. The molecule has 2 aromatic carbocycles. The van der Waals surface area contributed by atoms with Crippen LogP contribution < -0.4 is 16.0 Å². The van der Waals surface area contributed by atoms with Crippen molar-refractivity contribution in [1.29, 1.82) is 0 Å². The molecule has 10 heteroatoms. The number of H-pyrrole nitrogens is 1. The molecule has 216 valence electrons. The van der Waals surface area contributed by atoms with E-state index in [1.807, 2.05) is 55.3 Å². The van der Waals surface area contributed by atoms with Crippen molar-refractivity contribution in [3.05, 3.63) is 59.6 Å². The van der Waals surface area contributed by atoms with Gasteiger partial charge in [-0.3, -0.25) is 4.79 Å². The van der Waals surface area contributed by atoms with Gasteiger partial charge in [0.25, 0.3) is 5.91 Å². The van der Waals surface area contributed by atoms with Crippen LogP contribution in [0.15, 0.2) is 47.0 Å². The van der Waals surface area contributed by atoms with Gasteiger partial charge in [0.2, 0.25) is 5.95 Å². The molecule has 2 aliphatic rings. The summed E-state index contributed by atoms with van der Waals surface area (Å²) >= 11 is 0. The number of carbonyl (C=O) groups excluding carboxylic acids is 1. The van der Waals surface area contributed by atoms with Crippen LogP contribution >= 0.6 is 0 Å². The number of oxazole rings is 1. The molecule has 1 amide bonds. The number of amides is 1. The lowest BCUT2D eigenvalue weighted by Gasteiger charge is -2.27. The summed E-state index contributed by atoms with van der Waals surface area (Å²) in [7, 11) is 0. The van der Waals surface area contributed by atoms with Crippen LogP contribution in [0.4, 0.5) is 17.5 Å². The maximum atomic E-state index is 13.0. The Balaban J connectivity index is 1.23. The molecule has 1 aliphatic heterocycles. The van der Waals surface area contributed by atoms with Crippen LogP contribution in [-0.2, 0) is 0 Å². The predicted molar refractivity (Wildman–Crippen MR) is 165 cm³/mol. The molecule has 1 aliphatic carbocycles. The fraction of sp³-hybridized carbons (Fsp3) is 0.375. The largest absolute Gasteiger partial charge is 0.441 e. The summed E-state index contributed by atoms with van der Waals surface area (Å²) in [5.41, 5.74) is 6.91. The summed E-state index contributed by atoms with van der Waals surface area (Å²) in [5, 5.41) is 11.4. The van der Waals surface area contributed by atoms with Gasteiger partial charge in [-0.2, -0.15) is 9.97 Å². The summed E-state index contributed by atoms with van der Waals surface area (Å²) in [6.07, 6.45) is 7.95. The number of piperazine rings is 1. The fourth-order valence-corrected chi connectivity index (χ4v) is 6.18. The highest BCUT2D eigenvalue weighted by Crippen LogP contribution is 2.36. The van der Waals surface area contributed by atoms with Crippen molar-refractivity contribution in [2.45, 2.75) is 52.0 Å². The topological polar surface area (TPSA) is 124 Å². The van der Waals surface area contributed by atoms with Gasteiger partial charge in [0, 0.05) is 62.2 Å². The zero-order valence-corrected chi connectivity index (χ0v) is 24.1. The average molecular weight is 565 g/mol. The first-order chi connectivity index (χ1) is 20.5. The average Bonchev–Trinajstić information content (AvgIpc) is 3.61. The third kappa shape index (κ3) is 5.18. The van der Waals surface area contributed by atoms with E-state index in [4.69, 9.17) is 14.4 Å². The SMILES string of the molecule is Cc1nc2ccc(-c3c[nH]c4nc(Nc5ccc(C(=O)N6CCNCC6)cc5C)nc(NC5CCCCC5)c34)cc2o1. The van der Waals surface area contributed by atoms with E-state index >= 15 is 0 Å². The molecule has 42 heavy (non-hydrogen) atoms. The first-order valence-corrected chi connectivity index (χ1v) is 14.9. The van der Waals surface area contributed by atoms with E-state index in [9.17, 15) is 4.79 Å². The lowest BCUT2D eigenvalue weighted by atomic mass is 9.95. The minimum absolute atomic E-state index is 0.0698. The van der Waals surface area contributed by atoms with Crippen LogP contribution in [0.5, 0.6) is 0 Å². The van der Waals surface area contributed by atoms with Gasteiger partial charge in [0.15, 0.2) is 11.5 Å². The number of nitrogens with zero attached hydrogens (tertiary/aromatic N) is 4. The highest BCUT2D eigenvalue weighted by atomic mass is 16.3. The molecule has 4 heterocycles. The first kappa shape index (κ1) is 26.5. The number of benzene rings is 2. The third-order valence-corrected chi connectivity index (χ3v) is 8.41. The Morgan fingerprint density at radius 1 is 1.00 bits per heavy atom. The van der Waals surface area contributed by atoms with Crippen molar-refractivity contribution in [2.75, 3.05) is 36.8 Å². The minimum Gasteiger partial charge on any atom is -0.441 e. The highest BCUT2D eigenvalue weighted by molar-refractivity contribution is 6.02. The van der Waals surface area contributed by atoms with Crippen LogP contribution in [0.25, 0.3) is 33.3 Å². The van der Waals surface area contributed by atoms with E-state index in [1.54, 1.807) is 0 Å². The molecule has 4 N–H and O–H groups in total. The second-order valence-corrected chi connectivity index (χ2v) is 11.4. The standard InChI is InChI=1S/C32H36N8O2/c1-19-16-22(31(41)40-14-12-33-13-15-40)9-10-25(19)37-32-38-29-28(30(39-32)36-23-6-4-3-5-7-23)24(18-34-29)21-8-11-26-27(17-21)42-20(2)35-26/h8-11,16-18,23,33H,3-7,12-15H2,1-2H3,(H3,34,36,37,38,39). The zero-order chi connectivity index (χ0) is 28.6. The van der Waals surface area contributed by atoms with Crippen molar-refractivity contribution in [3.8, 4) is 11.1 Å². The van der Waals surface area contributed by atoms with E-state index in [2.05, 4.69) is 32.0 Å². The Morgan fingerprint density at radius 3 is 2.64 bits per heavy atom. The minimum atomic E-state index is 0.0698. The molecule has 7 rings (SSSR count). The summed E-state index contributed by atoms with van der Waals surface area (Å²) in [6, 6.07) is 12.2. The van der Waals surface area contributed by atoms with Crippen LogP contribution in [-0.4, -0.2) is 63.0 Å². The normalized spacial score (nSPS) is 16.3. The van der Waals surface area contributed by atoms with E-state index in [0.29, 0.717) is 23.4 Å². The third-order valence-electron chi connectivity index (χ3n) is 8.41. The molecule has 0 unspecified atom stereocenters. The molecule has 10 nitrogen and oxygen atoms in total. The van der Waals surface area contributed by atoms with Gasteiger partial charge in [-0.05, 0) is 61.2 Å². The highest BCUT2D eigenvalue weighted by Gasteiger charge is 2.22. The van der Waals surface area contributed by atoms with Gasteiger partial charge < -0.3 is 30.3 Å². The number of aromatic amines is 1. The molecule has 0 bridgehead atoms. The summed E-state index contributed by atoms with van der Waals surface area (Å²) in [6.45, 7) is 6.98. The maximum absolute atomic E-state index is 13.0. The van der Waals surface area contributed by atoms with Gasteiger partial charge in [-0.15, -0.1) is 0 Å². The Hall–Kier alpha value is -4.44. The van der Waals surface area contributed by atoms with Crippen LogP contribution in [0.1, 0.15) is 53.9 Å². The number of carbonyl (C=O) groups is 1. The van der Waals surface area contributed by atoms with Crippen molar-refractivity contribution >= 4 is 45.5 Å². The van der Waals surface area contributed by atoms with E-state index in [1.165, 1.54) is 19.3 Å². The van der Waals surface area contributed by atoms with Gasteiger partial charge in [-0.1, -0.05) is 25.3 Å². The van der Waals surface area contributed by atoms with Crippen LogP contribution in [0.2, 0.25) is 0 Å². The number of aryl methyl sites for hydroxylation is 2. The second kappa shape index (κ2) is 11.1. The van der Waals surface area contributed by atoms with Crippen molar-refractivity contribution in [1.82, 2.24) is 30.2 Å². The smallest absolute Gasteiger partial charge is 0.253 e. The lowest BCUT2D eigenvalue weighted by Crippen LogP contribution is -2.46. The van der Waals surface area contributed by atoms with E-state index in [-0.39, 0.29) is 5.91 Å². The van der Waals surface area contributed by atoms with E-state index < -0.39 is 0 Å². The molecule has 0 radical (unpaired) electrons. The Kier molecular flexibility index (Phi) is 6.99. The summed E-state index contributed by atoms with van der Waals surface area (Å²) in [5.74, 6) is 2.03. The Bertz CT molecular complexity index is 1760. The van der Waals surface area contributed by atoms with Gasteiger partial charge >= 0.3 is 0 Å². The number of nitrogens with one attached hydrogen (secondary N) is 4. The van der Waals surface area contributed by atoms with Crippen molar-refractivity contribution < 1.29 is 9.21 Å². The Labute approximate surface area is 244 Å². The van der Waals surface area contributed by atoms with Crippen molar-refractivity contribution in [3.63, 3.8) is 0 Å². The van der Waals surface area contributed by atoms with Gasteiger partial charge in [-0.25, -0.2) is 4.98 Å². The molecule has 2 fully saturated rings. The van der Waals surface area contributed by atoms with Crippen LogP contribution in [0, 0.1) is 13.8 Å². The number of hydrogen-bond acceptors (Lipinski definition) is 8. The molecule has 1 saturated heterocycles. The molecule has 1 saturated carbocycles. The molecule has 0 atom stereocenters. The Morgan fingerprint density at radius 2 is 1.83 bits per heavy atom. The molecular weight excluding hydrogens is 528 g/mol. The van der Waals surface area contributed by atoms with Crippen molar-refractivity contribution in [2.24, 2.45) is 0 Å². The summed E-state index contributed by atoms with van der Waals surface area (Å²) in [4.78, 5) is 32.7. The molecular formula is C32H36N8O2. The quantitative estimate of drug-likeness (QED) is 0.201. The number of aromatic nitrogens is 4. The summed E-state index contributed by atoms with van der Waals surface area (Å²) < 4.78 is 5.82.